The van der Waals surface area contributed by atoms with Gasteiger partial charge in [-0.15, -0.1) is 0 Å². The number of carbonyl (C=O) groups excluding carboxylic acids is 1. The van der Waals surface area contributed by atoms with Gasteiger partial charge in [-0.2, -0.15) is 0 Å². The van der Waals surface area contributed by atoms with Gasteiger partial charge >= 0.3 is 0 Å². The molecule has 1 amide bonds. The Morgan fingerprint density at radius 1 is 1.04 bits per heavy atom. The van der Waals surface area contributed by atoms with E-state index in [9.17, 15) is 13.2 Å². The molecule has 0 aliphatic carbocycles. The van der Waals surface area contributed by atoms with Gasteiger partial charge in [0.25, 0.3) is 5.91 Å². The highest BCUT2D eigenvalue weighted by atomic mass is 32.2. The highest BCUT2D eigenvalue weighted by molar-refractivity contribution is 7.89. The van der Waals surface area contributed by atoms with Crippen molar-refractivity contribution in [3.63, 3.8) is 0 Å². The van der Waals surface area contributed by atoms with Gasteiger partial charge in [0.1, 0.15) is 0 Å². The van der Waals surface area contributed by atoms with Crippen LogP contribution in [-0.4, -0.2) is 25.4 Å². The summed E-state index contributed by atoms with van der Waals surface area (Å²) >= 11 is 0. The van der Waals surface area contributed by atoms with Crippen LogP contribution in [0.4, 0.5) is 5.69 Å². The molecule has 0 aliphatic heterocycles. The average molecular weight is 369 g/mol. The second-order valence-corrected chi connectivity index (χ2v) is 7.85. The maximum Gasteiger partial charge on any atom is 0.255 e. The van der Waals surface area contributed by atoms with E-state index in [-0.39, 0.29) is 22.4 Å². The highest BCUT2D eigenvalue weighted by Gasteiger charge is 2.17. The molecule has 0 spiro atoms. The maximum atomic E-state index is 12.6. The normalized spacial score (nSPS) is 11.7. The standard InChI is InChI=1S/C19H19N3O3S/c1-13(2)22-26(24,25)15-7-3-6-14(12-15)19(23)21-18-10-4-9-17-16(18)8-5-11-20-17/h3-13,22H,1-2H3,(H,21,23). The van der Waals surface area contributed by atoms with E-state index in [2.05, 4.69) is 15.0 Å². The van der Waals surface area contributed by atoms with Crippen LogP contribution >= 0.6 is 0 Å². The Kier molecular flexibility index (Phi) is 5.01. The molecule has 0 aliphatic rings. The number of hydrogen-bond acceptors (Lipinski definition) is 4. The van der Waals surface area contributed by atoms with Gasteiger partial charge in [0.05, 0.1) is 16.1 Å². The molecule has 3 rings (SSSR count). The van der Waals surface area contributed by atoms with Crippen LogP contribution in [0, 0.1) is 0 Å². The lowest BCUT2D eigenvalue weighted by molar-refractivity contribution is 0.102. The molecule has 0 unspecified atom stereocenters. The summed E-state index contributed by atoms with van der Waals surface area (Å²) in [6.07, 6.45) is 1.68. The average Bonchev–Trinajstić information content (AvgIpc) is 2.61. The summed E-state index contributed by atoms with van der Waals surface area (Å²) in [7, 11) is -3.66. The summed E-state index contributed by atoms with van der Waals surface area (Å²) in [6, 6.07) is 14.8. The number of nitrogens with one attached hydrogen (secondary N) is 2. The van der Waals surface area contributed by atoms with Crippen LogP contribution in [-0.2, 0) is 10.0 Å². The Balaban J connectivity index is 1.90. The molecule has 6 nitrogen and oxygen atoms in total. The Morgan fingerprint density at radius 2 is 1.81 bits per heavy atom. The van der Waals surface area contributed by atoms with Gasteiger partial charge in [0, 0.05) is 23.2 Å². The first-order valence-electron chi connectivity index (χ1n) is 8.14. The molecule has 26 heavy (non-hydrogen) atoms. The number of pyridine rings is 1. The molecule has 0 atom stereocenters. The largest absolute Gasteiger partial charge is 0.321 e. The van der Waals surface area contributed by atoms with Gasteiger partial charge in [0.15, 0.2) is 0 Å². The van der Waals surface area contributed by atoms with Crippen molar-refractivity contribution in [3.05, 3.63) is 66.4 Å². The summed E-state index contributed by atoms with van der Waals surface area (Å²) in [5.41, 5.74) is 1.65. The molecule has 0 bridgehead atoms. The van der Waals surface area contributed by atoms with Crippen molar-refractivity contribution >= 4 is 32.5 Å². The number of amides is 1. The van der Waals surface area contributed by atoms with Crippen molar-refractivity contribution in [2.24, 2.45) is 0 Å². The smallest absolute Gasteiger partial charge is 0.255 e. The molecular formula is C19H19N3O3S. The van der Waals surface area contributed by atoms with E-state index in [0.717, 1.165) is 10.9 Å². The quantitative estimate of drug-likeness (QED) is 0.723. The molecule has 1 heterocycles. The van der Waals surface area contributed by atoms with E-state index >= 15 is 0 Å². The van der Waals surface area contributed by atoms with E-state index in [1.54, 1.807) is 50.4 Å². The molecule has 2 aromatic carbocycles. The number of benzene rings is 2. The predicted octanol–water partition coefficient (Wildman–Crippen LogP) is 3.17. The van der Waals surface area contributed by atoms with Gasteiger partial charge < -0.3 is 5.32 Å². The van der Waals surface area contributed by atoms with Crippen molar-refractivity contribution in [2.75, 3.05) is 5.32 Å². The Hall–Kier alpha value is -2.77. The summed E-state index contributed by atoms with van der Waals surface area (Å²) < 4.78 is 27.1. The van der Waals surface area contributed by atoms with Crippen LogP contribution in [0.2, 0.25) is 0 Å². The molecule has 0 fully saturated rings. The molecule has 0 saturated carbocycles. The fourth-order valence-corrected chi connectivity index (χ4v) is 3.89. The number of aromatic nitrogens is 1. The van der Waals surface area contributed by atoms with E-state index in [4.69, 9.17) is 0 Å². The SMILES string of the molecule is CC(C)NS(=O)(=O)c1cccc(C(=O)Nc2cccc3ncccc23)c1. The highest BCUT2D eigenvalue weighted by Crippen LogP contribution is 2.22. The van der Waals surface area contributed by atoms with Crippen LogP contribution in [0.3, 0.4) is 0 Å². The summed E-state index contributed by atoms with van der Waals surface area (Å²) in [5.74, 6) is -0.386. The molecule has 1 aromatic heterocycles. The number of carbonyl (C=O) groups is 1. The molecule has 134 valence electrons. The third-order valence-corrected chi connectivity index (χ3v) is 5.35. The van der Waals surface area contributed by atoms with Crippen LogP contribution in [0.5, 0.6) is 0 Å². The second-order valence-electron chi connectivity index (χ2n) is 6.13. The minimum absolute atomic E-state index is 0.0541. The molecule has 7 heteroatoms. The first-order chi connectivity index (χ1) is 12.4. The lowest BCUT2D eigenvalue weighted by Gasteiger charge is -2.11. The third-order valence-electron chi connectivity index (χ3n) is 3.69. The molecule has 2 N–H and O–H groups in total. The fraction of sp³-hybridized carbons (Fsp3) is 0.158. The minimum atomic E-state index is -3.66. The maximum absolute atomic E-state index is 12.6. The van der Waals surface area contributed by atoms with Gasteiger partial charge in [0.2, 0.25) is 10.0 Å². The topological polar surface area (TPSA) is 88.2 Å². The Bertz CT molecular complexity index is 1060. The number of nitrogens with zero attached hydrogens (tertiary/aromatic N) is 1. The third kappa shape index (κ3) is 3.89. The van der Waals surface area contributed by atoms with E-state index < -0.39 is 10.0 Å². The predicted molar refractivity (Wildman–Crippen MR) is 102 cm³/mol. The van der Waals surface area contributed by atoms with Gasteiger partial charge in [-0.05, 0) is 56.3 Å². The zero-order valence-electron chi connectivity index (χ0n) is 14.4. The van der Waals surface area contributed by atoms with E-state index in [0.29, 0.717) is 5.69 Å². The Labute approximate surface area is 152 Å². The van der Waals surface area contributed by atoms with Crippen molar-refractivity contribution < 1.29 is 13.2 Å². The molecular weight excluding hydrogens is 350 g/mol. The zero-order valence-corrected chi connectivity index (χ0v) is 15.2. The fourth-order valence-electron chi connectivity index (χ4n) is 2.59. The van der Waals surface area contributed by atoms with Crippen LogP contribution in [0.25, 0.3) is 10.9 Å². The first kappa shape index (κ1) is 18.0. The van der Waals surface area contributed by atoms with Gasteiger partial charge in [-0.3, -0.25) is 9.78 Å². The number of anilines is 1. The minimum Gasteiger partial charge on any atom is -0.321 e. The van der Waals surface area contributed by atoms with Crippen molar-refractivity contribution in [1.82, 2.24) is 9.71 Å². The molecule has 0 radical (unpaired) electrons. The number of fused-ring (bicyclic) bond motifs is 1. The summed E-state index contributed by atoms with van der Waals surface area (Å²) in [5, 5.41) is 3.64. The summed E-state index contributed by atoms with van der Waals surface area (Å²) in [6.45, 7) is 3.48. The molecule has 3 aromatic rings. The number of sulfonamides is 1. The second kappa shape index (κ2) is 7.23. The molecule has 0 saturated heterocycles. The first-order valence-corrected chi connectivity index (χ1v) is 9.62. The lowest BCUT2D eigenvalue weighted by Crippen LogP contribution is -2.30. The number of rotatable bonds is 5. The monoisotopic (exact) mass is 369 g/mol. The van der Waals surface area contributed by atoms with Crippen LogP contribution in [0.15, 0.2) is 65.7 Å². The summed E-state index contributed by atoms with van der Waals surface area (Å²) in [4.78, 5) is 16.9. The van der Waals surface area contributed by atoms with Gasteiger partial charge in [-0.1, -0.05) is 12.1 Å². The van der Waals surface area contributed by atoms with Crippen molar-refractivity contribution in [1.29, 1.82) is 0 Å². The number of hydrogen-bond donors (Lipinski definition) is 2. The van der Waals surface area contributed by atoms with E-state index in [1.165, 1.54) is 12.1 Å². The zero-order chi connectivity index (χ0) is 18.7. The van der Waals surface area contributed by atoms with Crippen LogP contribution in [0.1, 0.15) is 24.2 Å². The van der Waals surface area contributed by atoms with Crippen molar-refractivity contribution in [2.45, 2.75) is 24.8 Å². The lowest BCUT2D eigenvalue weighted by atomic mass is 10.1. The Morgan fingerprint density at radius 3 is 2.58 bits per heavy atom. The van der Waals surface area contributed by atoms with E-state index in [1.807, 2.05) is 12.1 Å². The van der Waals surface area contributed by atoms with Gasteiger partial charge in [-0.25, -0.2) is 13.1 Å². The van der Waals surface area contributed by atoms with Crippen molar-refractivity contribution in [3.8, 4) is 0 Å². The van der Waals surface area contributed by atoms with Crippen LogP contribution < -0.4 is 10.0 Å².